The molecule has 108 valence electrons. The molecule has 1 atom stereocenters. The summed E-state index contributed by atoms with van der Waals surface area (Å²) in [6.07, 6.45) is 1.01. The summed E-state index contributed by atoms with van der Waals surface area (Å²) in [5.74, 6) is 0.350. The molecule has 0 saturated carbocycles. The predicted octanol–water partition coefficient (Wildman–Crippen LogP) is 3.75. The number of aryl methyl sites for hydroxylation is 1. The van der Waals surface area contributed by atoms with Gasteiger partial charge in [0, 0.05) is 25.9 Å². The molecule has 2 nitrogen and oxygen atoms in total. The molecule has 1 aromatic carbocycles. The standard InChI is InChI=1S/C17H29NO/c1-7-14(12-19)11-18(6)16-10-15(17(3,4)5)9-8-13(16)2/h8-10,14,19H,7,11-12H2,1-6H3. The molecule has 0 spiro atoms. The van der Waals surface area contributed by atoms with Crippen molar-refractivity contribution in [2.75, 3.05) is 25.1 Å². The molecular formula is C17H29NO. The maximum atomic E-state index is 9.35. The van der Waals surface area contributed by atoms with Crippen LogP contribution in [0.25, 0.3) is 0 Å². The van der Waals surface area contributed by atoms with Crippen molar-refractivity contribution in [3.8, 4) is 0 Å². The second kappa shape index (κ2) is 6.42. The van der Waals surface area contributed by atoms with E-state index in [-0.39, 0.29) is 12.0 Å². The lowest BCUT2D eigenvalue weighted by atomic mass is 9.86. The number of nitrogens with zero attached hydrogens (tertiary/aromatic N) is 1. The van der Waals surface area contributed by atoms with E-state index in [1.807, 2.05) is 0 Å². The van der Waals surface area contributed by atoms with Gasteiger partial charge in [-0.1, -0.05) is 39.8 Å². The topological polar surface area (TPSA) is 23.5 Å². The van der Waals surface area contributed by atoms with Gasteiger partial charge in [0.2, 0.25) is 0 Å². The number of aliphatic hydroxyl groups is 1. The molecule has 19 heavy (non-hydrogen) atoms. The van der Waals surface area contributed by atoms with Gasteiger partial charge in [0.15, 0.2) is 0 Å². The lowest BCUT2D eigenvalue weighted by Crippen LogP contribution is -2.28. The average molecular weight is 263 g/mol. The minimum atomic E-state index is 0.171. The van der Waals surface area contributed by atoms with Gasteiger partial charge in [-0.15, -0.1) is 0 Å². The van der Waals surface area contributed by atoms with Gasteiger partial charge in [-0.05, 0) is 41.9 Å². The van der Waals surface area contributed by atoms with E-state index in [1.165, 1.54) is 16.8 Å². The summed E-state index contributed by atoms with van der Waals surface area (Å²) < 4.78 is 0. The highest BCUT2D eigenvalue weighted by molar-refractivity contribution is 5.55. The van der Waals surface area contributed by atoms with E-state index < -0.39 is 0 Å². The molecular weight excluding hydrogens is 234 g/mol. The highest BCUT2D eigenvalue weighted by Crippen LogP contribution is 2.29. The van der Waals surface area contributed by atoms with Crippen molar-refractivity contribution >= 4 is 5.69 Å². The van der Waals surface area contributed by atoms with Crippen LogP contribution in [0.3, 0.4) is 0 Å². The summed E-state index contributed by atoms with van der Waals surface area (Å²) in [6.45, 7) is 12.2. The van der Waals surface area contributed by atoms with Gasteiger partial charge in [-0.3, -0.25) is 0 Å². The molecule has 0 aliphatic carbocycles. The van der Waals surface area contributed by atoms with Gasteiger partial charge in [-0.2, -0.15) is 0 Å². The Morgan fingerprint density at radius 3 is 2.37 bits per heavy atom. The molecule has 1 unspecified atom stereocenters. The summed E-state index contributed by atoms with van der Waals surface area (Å²) in [7, 11) is 2.12. The Kier molecular flexibility index (Phi) is 5.42. The van der Waals surface area contributed by atoms with Crippen molar-refractivity contribution in [3.05, 3.63) is 29.3 Å². The van der Waals surface area contributed by atoms with Crippen LogP contribution in [0.15, 0.2) is 18.2 Å². The van der Waals surface area contributed by atoms with Gasteiger partial charge in [0.1, 0.15) is 0 Å². The van der Waals surface area contributed by atoms with Gasteiger partial charge in [-0.25, -0.2) is 0 Å². The number of anilines is 1. The molecule has 0 fully saturated rings. The number of benzene rings is 1. The van der Waals surface area contributed by atoms with E-state index >= 15 is 0 Å². The van der Waals surface area contributed by atoms with Crippen LogP contribution in [0.2, 0.25) is 0 Å². The van der Waals surface area contributed by atoms with Crippen LogP contribution in [-0.4, -0.2) is 25.3 Å². The molecule has 0 bridgehead atoms. The molecule has 1 aromatic rings. The molecule has 0 aliphatic rings. The molecule has 0 amide bonds. The van der Waals surface area contributed by atoms with Crippen molar-refractivity contribution in [1.29, 1.82) is 0 Å². The van der Waals surface area contributed by atoms with Crippen molar-refractivity contribution in [3.63, 3.8) is 0 Å². The van der Waals surface area contributed by atoms with Crippen molar-refractivity contribution in [2.24, 2.45) is 5.92 Å². The number of hydrogen-bond acceptors (Lipinski definition) is 2. The number of hydrogen-bond donors (Lipinski definition) is 1. The van der Waals surface area contributed by atoms with Crippen molar-refractivity contribution in [1.82, 2.24) is 0 Å². The summed E-state index contributed by atoms with van der Waals surface area (Å²) in [5.41, 5.74) is 4.10. The maximum Gasteiger partial charge on any atom is 0.0476 e. The lowest BCUT2D eigenvalue weighted by Gasteiger charge is -2.28. The second-order valence-electron chi connectivity index (χ2n) is 6.59. The third kappa shape index (κ3) is 4.24. The average Bonchev–Trinajstić information content (AvgIpc) is 2.34. The molecule has 1 rings (SSSR count). The van der Waals surface area contributed by atoms with Crippen LogP contribution in [-0.2, 0) is 5.41 Å². The minimum Gasteiger partial charge on any atom is -0.396 e. The molecule has 0 heterocycles. The fourth-order valence-corrected chi connectivity index (χ4v) is 2.29. The second-order valence-corrected chi connectivity index (χ2v) is 6.59. The third-order valence-electron chi connectivity index (χ3n) is 3.85. The van der Waals surface area contributed by atoms with Crippen LogP contribution in [0.5, 0.6) is 0 Å². The first-order valence-electron chi connectivity index (χ1n) is 7.22. The van der Waals surface area contributed by atoms with E-state index in [9.17, 15) is 5.11 Å². The Balaban J connectivity index is 2.98. The largest absolute Gasteiger partial charge is 0.396 e. The zero-order chi connectivity index (χ0) is 14.6. The first-order valence-corrected chi connectivity index (χ1v) is 7.22. The smallest absolute Gasteiger partial charge is 0.0476 e. The number of aliphatic hydroxyl groups excluding tert-OH is 1. The summed E-state index contributed by atoms with van der Waals surface area (Å²) in [4.78, 5) is 2.27. The van der Waals surface area contributed by atoms with E-state index in [4.69, 9.17) is 0 Å². The third-order valence-corrected chi connectivity index (χ3v) is 3.85. The molecule has 0 aromatic heterocycles. The van der Waals surface area contributed by atoms with Crippen LogP contribution in [0, 0.1) is 12.8 Å². The monoisotopic (exact) mass is 263 g/mol. The van der Waals surface area contributed by atoms with Crippen molar-refractivity contribution < 1.29 is 5.11 Å². The first kappa shape index (κ1) is 16.0. The highest BCUT2D eigenvalue weighted by Gasteiger charge is 2.17. The fourth-order valence-electron chi connectivity index (χ4n) is 2.29. The van der Waals surface area contributed by atoms with E-state index in [2.05, 4.69) is 64.8 Å². The van der Waals surface area contributed by atoms with Gasteiger partial charge in [0.05, 0.1) is 0 Å². The Morgan fingerprint density at radius 1 is 1.26 bits per heavy atom. The maximum absolute atomic E-state index is 9.35. The van der Waals surface area contributed by atoms with E-state index in [0.717, 1.165) is 13.0 Å². The summed E-state index contributed by atoms with van der Waals surface area (Å²) in [6, 6.07) is 6.71. The van der Waals surface area contributed by atoms with Gasteiger partial charge < -0.3 is 10.0 Å². The SMILES string of the molecule is CCC(CO)CN(C)c1cc(C(C)(C)C)ccc1C. The molecule has 2 heteroatoms. The molecule has 0 aliphatic heterocycles. The Morgan fingerprint density at radius 2 is 1.89 bits per heavy atom. The van der Waals surface area contributed by atoms with Gasteiger partial charge in [0.25, 0.3) is 0 Å². The van der Waals surface area contributed by atoms with Crippen LogP contribution in [0.4, 0.5) is 5.69 Å². The van der Waals surface area contributed by atoms with Crippen LogP contribution in [0.1, 0.15) is 45.2 Å². The van der Waals surface area contributed by atoms with Gasteiger partial charge >= 0.3 is 0 Å². The van der Waals surface area contributed by atoms with Crippen LogP contribution < -0.4 is 4.90 Å². The predicted molar refractivity (Wildman–Crippen MR) is 84.0 cm³/mol. The molecule has 1 N–H and O–H groups in total. The lowest BCUT2D eigenvalue weighted by molar-refractivity contribution is 0.225. The normalized spacial score (nSPS) is 13.4. The quantitative estimate of drug-likeness (QED) is 0.874. The first-order chi connectivity index (χ1) is 8.79. The Labute approximate surface area is 118 Å². The van der Waals surface area contributed by atoms with Crippen molar-refractivity contribution in [2.45, 2.75) is 46.5 Å². The summed E-state index contributed by atoms with van der Waals surface area (Å²) in [5, 5.41) is 9.35. The molecule has 0 radical (unpaired) electrons. The Hall–Kier alpha value is -1.02. The van der Waals surface area contributed by atoms with Crippen LogP contribution >= 0.6 is 0 Å². The van der Waals surface area contributed by atoms with E-state index in [1.54, 1.807) is 0 Å². The number of rotatable bonds is 5. The zero-order valence-corrected chi connectivity index (χ0v) is 13.3. The van der Waals surface area contributed by atoms with E-state index in [0.29, 0.717) is 5.92 Å². The summed E-state index contributed by atoms with van der Waals surface area (Å²) >= 11 is 0. The Bertz CT molecular complexity index is 402. The minimum absolute atomic E-state index is 0.171. The zero-order valence-electron chi connectivity index (χ0n) is 13.3. The fraction of sp³-hybridized carbons (Fsp3) is 0.647. The highest BCUT2D eigenvalue weighted by atomic mass is 16.3. The molecule has 0 saturated heterocycles.